The van der Waals surface area contributed by atoms with E-state index in [-0.39, 0.29) is 12.0 Å². The number of rotatable bonds is 5. The first-order valence-corrected chi connectivity index (χ1v) is 11.2. The second-order valence-corrected chi connectivity index (χ2v) is 8.66. The molecule has 140 valence electrons. The molecule has 1 saturated heterocycles. The van der Waals surface area contributed by atoms with Crippen molar-refractivity contribution in [1.82, 2.24) is 4.98 Å². The van der Waals surface area contributed by atoms with E-state index in [1.807, 2.05) is 48.7 Å². The fourth-order valence-electron chi connectivity index (χ4n) is 3.15. The Labute approximate surface area is 171 Å². The number of anilines is 1. The number of ether oxygens (including phenoxy) is 1. The first-order valence-electron chi connectivity index (χ1n) is 8.78. The van der Waals surface area contributed by atoms with Crippen LogP contribution in [0, 0.1) is 0 Å². The summed E-state index contributed by atoms with van der Waals surface area (Å²) in [5, 5.41) is 1.26. The average Bonchev–Trinajstić information content (AvgIpc) is 3.36. The molecule has 0 spiro atoms. The van der Waals surface area contributed by atoms with E-state index < -0.39 is 0 Å². The van der Waals surface area contributed by atoms with Gasteiger partial charge in [0, 0.05) is 17.1 Å². The van der Waals surface area contributed by atoms with Gasteiger partial charge in [-0.3, -0.25) is 9.69 Å². The van der Waals surface area contributed by atoms with Crippen LogP contribution in [-0.4, -0.2) is 36.4 Å². The zero-order chi connectivity index (χ0) is 18.8. The SMILES string of the molecule is CSc1ccc(C(=O)N(CC2CCCO2)c2nc3c(Cl)cccc3s2)cc1. The third-order valence-electron chi connectivity index (χ3n) is 4.58. The number of fused-ring (bicyclic) bond motifs is 1. The molecular formula is C20H19ClN2O2S2. The molecule has 1 fully saturated rings. The molecule has 7 heteroatoms. The van der Waals surface area contributed by atoms with Gasteiger partial charge in [-0.1, -0.05) is 29.0 Å². The summed E-state index contributed by atoms with van der Waals surface area (Å²) < 4.78 is 6.75. The van der Waals surface area contributed by atoms with E-state index in [0.29, 0.717) is 22.3 Å². The van der Waals surface area contributed by atoms with Crippen LogP contribution >= 0.6 is 34.7 Å². The number of hydrogen-bond donors (Lipinski definition) is 0. The van der Waals surface area contributed by atoms with Crippen LogP contribution in [0.4, 0.5) is 5.13 Å². The summed E-state index contributed by atoms with van der Waals surface area (Å²) in [6.07, 6.45) is 4.05. The summed E-state index contributed by atoms with van der Waals surface area (Å²) in [6, 6.07) is 13.4. The van der Waals surface area contributed by atoms with Gasteiger partial charge in [0.15, 0.2) is 5.13 Å². The number of halogens is 1. The average molecular weight is 419 g/mol. The van der Waals surface area contributed by atoms with E-state index in [4.69, 9.17) is 16.3 Å². The highest BCUT2D eigenvalue weighted by Crippen LogP contribution is 2.34. The maximum Gasteiger partial charge on any atom is 0.260 e. The summed E-state index contributed by atoms with van der Waals surface area (Å²) in [5.41, 5.74) is 1.39. The lowest BCUT2D eigenvalue weighted by Crippen LogP contribution is -2.37. The highest BCUT2D eigenvalue weighted by atomic mass is 35.5. The Bertz CT molecular complexity index is 952. The third kappa shape index (κ3) is 3.99. The minimum Gasteiger partial charge on any atom is -0.376 e. The van der Waals surface area contributed by atoms with Gasteiger partial charge in [-0.05, 0) is 55.5 Å². The highest BCUT2D eigenvalue weighted by molar-refractivity contribution is 7.98. The van der Waals surface area contributed by atoms with Crippen molar-refractivity contribution in [2.45, 2.75) is 23.8 Å². The first-order chi connectivity index (χ1) is 13.2. The predicted octanol–water partition coefficient (Wildman–Crippen LogP) is 5.50. The van der Waals surface area contributed by atoms with Gasteiger partial charge in [0.05, 0.1) is 22.4 Å². The quantitative estimate of drug-likeness (QED) is 0.513. The molecule has 2 aromatic carbocycles. The number of nitrogens with zero attached hydrogens (tertiary/aromatic N) is 2. The fourth-order valence-corrected chi connectivity index (χ4v) is 4.83. The van der Waals surface area contributed by atoms with Crippen LogP contribution in [0.15, 0.2) is 47.4 Å². The number of benzene rings is 2. The summed E-state index contributed by atoms with van der Waals surface area (Å²) in [6.45, 7) is 1.25. The number of aromatic nitrogens is 1. The molecule has 1 aromatic heterocycles. The lowest BCUT2D eigenvalue weighted by Gasteiger charge is -2.23. The van der Waals surface area contributed by atoms with Crippen molar-refractivity contribution < 1.29 is 9.53 Å². The lowest BCUT2D eigenvalue weighted by molar-refractivity contribution is 0.0917. The van der Waals surface area contributed by atoms with Crippen molar-refractivity contribution in [3.05, 3.63) is 53.1 Å². The van der Waals surface area contributed by atoms with Crippen molar-refractivity contribution >= 4 is 56.0 Å². The molecule has 1 atom stereocenters. The van der Waals surface area contributed by atoms with E-state index in [9.17, 15) is 4.79 Å². The van der Waals surface area contributed by atoms with Crippen molar-refractivity contribution in [3.63, 3.8) is 0 Å². The van der Waals surface area contributed by atoms with Crippen LogP contribution in [0.5, 0.6) is 0 Å². The predicted molar refractivity (Wildman–Crippen MR) is 114 cm³/mol. The normalized spacial score (nSPS) is 16.7. The molecule has 4 rings (SSSR count). The standard InChI is InChI=1S/C20H19ClN2O2S2/c1-26-15-9-7-13(8-10-15)19(24)23(12-14-4-3-11-25-14)20-22-18-16(21)5-2-6-17(18)27-20/h2,5-10,14H,3-4,11-12H2,1H3. The number of carbonyl (C=O) groups excluding carboxylic acids is 1. The molecule has 2 heterocycles. The second-order valence-electron chi connectivity index (χ2n) is 6.36. The number of hydrogen-bond acceptors (Lipinski definition) is 5. The van der Waals surface area contributed by atoms with Crippen molar-refractivity contribution in [2.24, 2.45) is 0 Å². The van der Waals surface area contributed by atoms with Gasteiger partial charge in [-0.2, -0.15) is 0 Å². The molecule has 4 nitrogen and oxygen atoms in total. The number of carbonyl (C=O) groups is 1. The van der Waals surface area contributed by atoms with Crippen molar-refractivity contribution in [1.29, 1.82) is 0 Å². The Kier molecular flexibility index (Phi) is 5.68. The van der Waals surface area contributed by atoms with Crippen LogP contribution in [0.3, 0.4) is 0 Å². The second kappa shape index (κ2) is 8.19. The molecule has 1 aliphatic rings. The number of thioether (sulfide) groups is 1. The van der Waals surface area contributed by atoms with E-state index in [0.717, 1.165) is 34.6 Å². The van der Waals surface area contributed by atoms with Gasteiger partial charge in [0.25, 0.3) is 5.91 Å². The van der Waals surface area contributed by atoms with Gasteiger partial charge < -0.3 is 4.74 Å². The Balaban J connectivity index is 1.70. The third-order valence-corrected chi connectivity index (χ3v) is 6.67. The van der Waals surface area contributed by atoms with E-state index in [2.05, 4.69) is 4.98 Å². The van der Waals surface area contributed by atoms with Crippen LogP contribution in [0.25, 0.3) is 10.2 Å². The summed E-state index contributed by atoms with van der Waals surface area (Å²) in [4.78, 5) is 20.8. The van der Waals surface area contributed by atoms with Gasteiger partial charge in [0.2, 0.25) is 0 Å². The Morgan fingerprint density at radius 3 is 2.81 bits per heavy atom. The summed E-state index contributed by atoms with van der Waals surface area (Å²) >= 11 is 9.43. The minimum atomic E-state index is -0.0617. The van der Waals surface area contributed by atoms with Gasteiger partial charge in [-0.25, -0.2) is 4.98 Å². The molecular weight excluding hydrogens is 400 g/mol. The fraction of sp³-hybridized carbons (Fsp3) is 0.300. The van der Waals surface area contributed by atoms with E-state index in [1.54, 1.807) is 16.7 Å². The molecule has 1 amide bonds. The Morgan fingerprint density at radius 1 is 1.33 bits per heavy atom. The molecule has 0 aliphatic carbocycles. The number of thiazole rings is 1. The van der Waals surface area contributed by atoms with E-state index >= 15 is 0 Å². The highest BCUT2D eigenvalue weighted by Gasteiger charge is 2.27. The van der Waals surface area contributed by atoms with Crippen LogP contribution < -0.4 is 4.90 Å². The number of para-hydroxylation sites is 1. The molecule has 0 saturated carbocycles. The monoisotopic (exact) mass is 418 g/mol. The molecule has 3 aromatic rings. The summed E-state index contributed by atoms with van der Waals surface area (Å²) in [7, 11) is 0. The van der Waals surface area contributed by atoms with E-state index in [1.165, 1.54) is 11.3 Å². The van der Waals surface area contributed by atoms with Crippen LogP contribution in [0.2, 0.25) is 5.02 Å². The van der Waals surface area contributed by atoms with Crippen LogP contribution in [-0.2, 0) is 4.74 Å². The van der Waals surface area contributed by atoms with Gasteiger partial charge in [0.1, 0.15) is 5.52 Å². The molecule has 27 heavy (non-hydrogen) atoms. The zero-order valence-electron chi connectivity index (χ0n) is 14.9. The molecule has 0 bridgehead atoms. The Morgan fingerprint density at radius 2 is 2.15 bits per heavy atom. The molecule has 0 N–H and O–H groups in total. The minimum absolute atomic E-state index is 0.0434. The summed E-state index contributed by atoms with van der Waals surface area (Å²) in [5.74, 6) is -0.0617. The topological polar surface area (TPSA) is 42.4 Å². The van der Waals surface area contributed by atoms with Crippen molar-refractivity contribution in [3.8, 4) is 0 Å². The number of amides is 1. The largest absolute Gasteiger partial charge is 0.376 e. The molecule has 0 radical (unpaired) electrons. The zero-order valence-corrected chi connectivity index (χ0v) is 17.2. The van der Waals surface area contributed by atoms with Gasteiger partial charge >= 0.3 is 0 Å². The molecule has 1 aliphatic heterocycles. The van der Waals surface area contributed by atoms with Gasteiger partial charge in [-0.15, -0.1) is 11.8 Å². The van der Waals surface area contributed by atoms with Crippen LogP contribution in [0.1, 0.15) is 23.2 Å². The van der Waals surface area contributed by atoms with Crippen molar-refractivity contribution in [2.75, 3.05) is 24.3 Å². The molecule has 1 unspecified atom stereocenters. The smallest absolute Gasteiger partial charge is 0.260 e. The first kappa shape index (κ1) is 18.7. The lowest BCUT2D eigenvalue weighted by atomic mass is 10.2. The maximum absolute atomic E-state index is 13.3. The Hall–Kier alpha value is -1.60. The maximum atomic E-state index is 13.3.